The number of anilines is 1. The van der Waals surface area contributed by atoms with Crippen LogP contribution < -0.4 is 5.73 Å². The summed E-state index contributed by atoms with van der Waals surface area (Å²) >= 11 is 5.86. The minimum Gasteiger partial charge on any atom is -0.382 e. The lowest BCUT2D eigenvalue weighted by Gasteiger charge is -2.07. The molecule has 0 aliphatic heterocycles. The number of nitrogens with one attached hydrogen (secondary N) is 1. The molecule has 3 rings (SSSR count). The molecule has 0 aliphatic carbocycles. The van der Waals surface area contributed by atoms with Gasteiger partial charge in [0.05, 0.1) is 11.3 Å². The Morgan fingerprint density at radius 1 is 1.15 bits per heavy atom. The van der Waals surface area contributed by atoms with Gasteiger partial charge in [0.25, 0.3) is 0 Å². The normalized spacial score (nSPS) is 10.7. The van der Waals surface area contributed by atoms with Crippen LogP contribution in [0.15, 0.2) is 47.2 Å². The average Bonchev–Trinajstić information content (AvgIpc) is 2.84. The monoisotopic (exact) mass is 440 g/mol. The highest BCUT2D eigenvalue weighted by Crippen LogP contribution is 2.38. The molecule has 20 heavy (non-hydrogen) atoms. The van der Waals surface area contributed by atoms with Crippen molar-refractivity contribution in [3.8, 4) is 22.4 Å². The number of nitrogen functional groups attached to an aromatic ring is 1. The standard InChI is InChI=1S/C14H10BrIN4/c15-11-2-1-9(16)7-10(11)13-12(14(17)20-19-13)8-3-5-18-6-4-8/h1-7H,(H3,17,19,20). The van der Waals surface area contributed by atoms with Crippen LogP contribution >= 0.6 is 38.5 Å². The van der Waals surface area contributed by atoms with Crippen LogP contribution in [-0.4, -0.2) is 15.2 Å². The molecule has 0 aliphatic rings. The third-order valence-corrected chi connectivity index (χ3v) is 4.32. The smallest absolute Gasteiger partial charge is 0.153 e. The van der Waals surface area contributed by atoms with Crippen LogP contribution in [0.1, 0.15) is 0 Å². The Hall–Kier alpha value is -1.41. The van der Waals surface area contributed by atoms with Crippen LogP contribution in [0.4, 0.5) is 5.82 Å². The predicted molar refractivity (Wildman–Crippen MR) is 92.1 cm³/mol. The molecule has 100 valence electrons. The van der Waals surface area contributed by atoms with E-state index in [4.69, 9.17) is 5.73 Å². The molecule has 0 radical (unpaired) electrons. The first kappa shape index (κ1) is 13.6. The summed E-state index contributed by atoms with van der Waals surface area (Å²) in [5.74, 6) is 0.483. The van der Waals surface area contributed by atoms with E-state index in [0.717, 1.165) is 30.4 Å². The molecule has 2 heterocycles. The summed E-state index contributed by atoms with van der Waals surface area (Å²) < 4.78 is 2.14. The van der Waals surface area contributed by atoms with Crippen LogP contribution in [-0.2, 0) is 0 Å². The second-order valence-corrected chi connectivity index (χ2v) is 6.32. The summed E-state index contributed by atoms with van der Waals surface area (Å²) in [5.41, 5.74) is 9.85. The van der Waals surface area contributed by atoms with Crippen molar-refractivity contribution in [1.29, 1.82) is 0 Å². The van der Waals surface area contributed by atoms with Crippen molar-refractivity contribution in [3.63, 3.8) is 0 Å². The van der Waals surface area contributed by atoms with E-state index in [9.17, 15) is 0 Å². The lowest BCUT2D eigenvalue weighted by Crippen LogP contribution is -1.89. The van der Waals surface area contributed by atoms with Crippen LogP contribution in [0.5, 0.6) is 0 Å². The number of benzene rings is 1. The highest BCUT2D eigenvalue weighted by molar-refractivity contribution is 14.1. The Bertz CT molecular complexity index is 755. The summed E-state index contributed by atoms with van der Waals surface area (Å²) in [6, 6.07) is 9.99. The van der Waals surface area contributed by atoms with Crippen molar-refractivity contribution in [3.05, 3.63) is 50.8 Å². The van der Waals surface area contributed by atoms with Crippen LogP contribution in [0.2, 0.25) is 0 Å². The maximum atomic E-state index is 6.02. The molecule has 0 spiro atoms. The Morgan fingerprint density at radius 2 is 1.90 bits per heavy atom. The van der Waals surface area contributed by atoms with Crippen molar-refractivity contribution in [1.82, 2.24) is 15.2 Å². The number of halogens is 2. The molecule has 0 atom stereocenters. The number of nitrogens with two attached hydrogens (primary N) is 1. The highest BCUT2D eigenvalue weighted by Gasteiger charge is 2.16. The number of pyridine rings is 1. The van der Waals surface area contributed by atoms with Crippen LogP contribution in [0.3, 0.4) is 0 Å². The van der Waals surface area contributed by atoms with Gasteiger partial charge in [-0.15, -0.1) is 0 Å². The molecular weight excluding hydrogens is 431 g/mol. The molecule has 2 aromatic heterocycles. The van der Waals surface area contributed by atoms with Gasteiger partial charge in [0, 0.05) is 26.0 Å². The topological polar surface area (TPSA) is 67.6 Å². The van der Waals surface area contributed by atoms with Crippen LogP contribution in [0.25, 0.3) is 22.4 Å². The van der Waals surface area contributed by atoms with Crippen molar-refractivity contribution < 1.29 is 0 Å². The molecule has 1 aromatic carbocycles. The maximum absolute atomic E-state index is 6.02. The van der Waals surface area contributed by atoms with E-state index in [2.05, 4.69) is 59.8 Å². The summed E-state index contributed by atoms with van der Waals surface area (Å²) in [7, 11) is 0. The Labute approximate surface area is 138 Å². The number of H-pyrrole nitrogens is 1. The largest absolute Gasteiger partial charge is 0.382 e. The minimum absolute atomic E-state index is 0.483. The average molecular weight is 441 g/mol. The van der Waals surface area contributed by atoms with Gasteiger partial charge < -0.3 is 5.73 Å². The van der Waals surface area contributed by atoms with Crippen molar-refractivity contribution in [2.75, 3.05) is 5.73 Å². The zero-order valence-electron chi connectivity index (χ0n) is 10.3. The van der Waals surface area contributed by atoms with Gasteiger partial charge in [-0.3, -0.25) is 10.1 Å². The third-order valence-electron chi connectivity index (χ3n) is 2.96. The summed E-state index contributed by atoms with van der Waals surface area (Å²) in [4.78, 5) is 4.04. The van der Waals surface area contributed by atoms with Gasteiger partial charge in [0.2, 0.25) is 0 Å². The molecular formula is C14H10BrIN4. The fourth-order valence-electron chi connectivity index (χ4n) is 2.05. The van der Waals surface area contributed by atoms with Crippen LogP contribution in [0, 0.1) is 3.57 Å². The Kier molecular flexibility index (Phi) is 3.75. The zero-order valence-corrected chi connectivity index (χ0v) is 14.0. The molecule has 3 N–H and O–H groups in total. The van der Waals surface area contributed by atoms with Crippen molar-refractivity contribution in [2.45, 2.75) is 0 Å². The molecule has 0 unspecified atom stereocenters. The maximum Gasteiger partial charge on any atom is 0.153 e. The van der Waals surface area contributed by atoms with E-state index < -0.39 is 0 Å². The van der Waals surface area contributed by atoms with E-state index >= 15 is 0 Å². The number of aromatic amines is 1. The van der Waals surface area contributed by atoms with Gasteiger partial charge in [0.15, 0.2) is 5.82 Å². The zero-order chi connectivity index (χ0) is 14.1. The second kappa shape index (κ2) is 5.53. The summed E-state index contributed by atoms with van der Waals surface area (Å²) in [6.45, 7) is 0. The number of rotatable bonds is 2. The fourth-order valence-corrected chi connectivity index (χ4v) is 2.99. The minimum atomic E-state index is 0.483. The van der Waals surface area contributed by atoms with E-state index in [0.29, 0.717) is 5.82 Å². The van der Waals surface area contributed by atoms with Gasteiger partial charge in [-0.2, -0.15) is 5.10 Å². The fraction of sp³-hybridized carbons (Fsp3) is 0. The van der Waals surface area contributed by atoms with E-state index in [1.807, 2.05) is 24.3 Å². The van der Waals surface area contributed by atoms with E-state index in [-0.39, 0.29) is 0 Å². The molecule has 3 aromatic rings. The quantitative estimate of drug-likeness (QED) is 0.590. The van der Waals surface area contributed by atoms with Gasteiger partial charge in [-0.05, 0) is 58.5 Å². The lowest BCUT2D eigenvalue weighted by molar-refractivity contribution is 1.10. The summed E-state index contributed by atoms with van der Waals surface area (Å²) in [5, 5.41) is 7.18. The number of nitrogens with zero attached hydrogens (tertiary/aromatic N) is 2. The molecule has 0 fully saturated rings. The van der Waals surface area contributed by atoms with Gasteiger partial charge in [0.1, 0.15) is 0 Å². The second-order valence-electron chi connectivity index (χ2n) is 4.22. The Balaban J connectivity index is 2.24. The molecule has 0 amide bonds. The first-order chi connectivity index (χ1) is 9.66. The molecule has 6 heteroatoms. The number of hydrogen-bond acceptors (Lipinski definition) is 3. The molecule has 0 bridgehead atoms. The molecule has 0 saturated heterocycles. The number of aromatic nitrogens is 3. The predicted octanol–water partition coefficient (Wildman–Crippen LogP) is 4.09. The SMILES string of the molecule is Nc1n[nH]c(-c2cc(I)ccc2Br)c1-c1ccncc1. The van der Waals surface area contributed by atoms with E-state index in [1.165, 1.54) is 0 Å². The molecule has 0 saturated carbocycles. The van der Waals surface area contributed by atoms with Gasteiger partial charge in [-0.25, -0.2) is 0 Å². The highest BCUT2D eigenvalue weighted by atomic mass is 127. The summed E-state index contributed by atoms with van der Waals surface area (Å²) in [6.07, 6.45) is 3.49. The van der Waals surface area contributed by atoms with E-state index in [1.54, 1.807) is 12.4 Å². The molecule has 4 nitrogen and oxygen atoms in total. The first-order valence-electron chi connectivity index (χ1n) is 5.86. The third kappa shape index (κ3) is 2.45. The Morgan fingerprint density at radius 3 is 2.65 bits per heavy atom. The van der Waals surface area contributed by atoms with Crippen molar-refractivity contribution in [2.24, 2.45) is 0 Å². The first-order valence-corrected chi connectivity index (χ1v) is 7.73. The van der Waals surface area contributed by atoms with Gasteiger partial charge in [-0.1, -0.05) is 15.9 Å². The lowest BCUT2D eigenvalue weighted by atomic mass is 10.0. The van der Waals surface area contributed by atoms with Gasteiger partial charge >= 0.3 is 0 Å². The number of hydrogen-bond donors (Lipinski definition) is 2. The van der Waals surface area contributed by atoms with Crippen molar-refractivity contribution >= 4 is 44.3 Å².